The van der Waals surface area contributed by atoms with Crippen LogP contribution in [0.5, 0.6) is 0 Å². The first kappa shape index (κ1) is 14.9. The van der Waals surface area contributed by atoms with Crippen molar-refractivity contribution >= 4 is 11.7 Å². The Morgan fingerprint density at radius 1 is 1.26 bits per heavy atom. The Morgan fingerprint density at radius 2 is 1.84 bits per heavy atom. The molecule has 3 nitrogen and oxygen atoms in total. The third kappa shape index (κ3) is 4.21. The fourth-order valence-corrected chi connectivity index (χ4v) is 1.31. The number of carbonyl (C=O) groups is 1. The standard InChI is InChI=1S/C13H13F3N2O/c1-4-12(2,3)18-11(19)17-10-8-6-5-7-9(10)13(14,15)16/h1,5-8H,2-3H3,(H2,17,18,19). The van der Waals surface area contributed by atoms with Gasteiger partial charge in [-0.2, -0.15) is 13.2 Å². The van der Waals surface area contributed by atoms with Crippen molar-refractivity contribution in [2.75, 3.05) is 5.32 Å². The van der Waals surface area contributed by atoms with Gasteiger partial charge in [0.05, 0.1) is 16.8 Å². The molecule has 1 aromatic rings. The quantitative estimate of drug-likeness (QED) is 0.796. The lowest BCUT2D eigenvalue weighted by Crippen LogP contribution is -2.44. The maximum Gasteiger partial charge on any atom is 0.418 e. The minimum absolute atomic E-state index is 0.319. The van der Waals surface area contributed by atoms with Gasteiger partial charge >= 0.3 is 12.2 Å². The van der Waals surface area contributed by atoms with Crippen LogP contribution in [0.2, 0.25) is 0 Å². The molecule has 2 amide bonds. The molecule has 0 unspecified atom stereocenters. The van der Waals surface area contributed by atoms with Crippen LogP contribution in [0.15, 0.2) is 24.3 Å². The molecule has 0 aromatic heterocycles. The molecule has 0 saturated carbocycles. The lowest BCUT2D eigenvalue weighted by molar-refractivity contribution is -0.136. The van der Waals surface area contributed by atoms with Gasteiger partial charge in [0.2, 0.25) is 0 Å². The Labute approximate surface area is 109 Å². The number of rotatable bonds is 2. The number of terminal acetylenes is 1. The van der Waals surface area contributed by atoms with E-state index in [4.69, 9.17) is 6.42 Å². The lowest BCUT2D eigenvalue weighted by atomic mass is 10.1. The number of nitrogens with one attached hydrogen (secondary N) is 2. The number of carbonyl (C=O) groups excluding carboxylic acids is 1. The highest BCUT2D eigenvalue weighted by Gasteiger charge is 2.33. The highest BCUT2D eigenvalue weighted by Crippen LogP contribution is 2.34. The maximum absolute atomic E-state index is 12.7. The van der Waals surface area contributed by atoms with E-state index in [1.807, 2.05) is 0 Å². The van der Waals surface area contributed by atoms with E-state index in [-0.39, 0.29) is 5.69 Å². The zero-order valence-corrected chi connectivity index (χ0v) is 10.4. The van der Waals surface area contributed by atoms with Crippen molar-refractivity contribution in [3.05, 3.63) is 29.8 Å². The molecule has 0 spiro atoms. The molecule has 0 aliphatic carbocycles. The van der Waals surface area contributed by atoms with Crippen molar-refractivity contribution < 1.29 is 18.0 Å². The SMILES string of the molecule is C#CC(C)(C)NC(=O)Nc1ccccc1C(F)(F)F. The second-order valence-electron chi connectivity index (χ2n) is 4.39. The van der Waals surface area contributed by atoms with Crippen LogP contribution in [0.1, 0.15) is 19.4 Å². The number of halogens is 3. The lowest BCUT2D eigenvalue weighted by Gasteiger charge is -2.21. The smallest absolute Gasteiger partial charge is 0.322 e. The van der Waals surface area contributed by atoms with Gasteiger partial charge in [-0.05, 0) is 26.0 Å². The predicted molar refractivity (Wildman–Crippen MR) is 66.5 cm³/mol. The molecule has 2 N–H and O–H groups in total. The number of hydrogen-bond donors (Lipinski definition) is 2. The first-order chi connectivity index (χ1) is 8.65. The molecule has 6 heteroatoms. The first-order valence-corrected chi connectivity index (χ1v) is 5.39. The predicted octanol–water partition coefficient (Wildman–Crippen LogP) is 3.24. The van der Waals surface area contributed by atoms with Crippen LogP contribution in [-0.4, -0.2) is 11.6 Å². The zero-order valence-electron chi connectivity index (χ0n) is 10.4. The van der Waals surface area contributed by atoms with Gasteiger partial charge in [-0.15, -0.1) is 6.42 Å². The van der Waals surface area contributed by atoms with E-state index in [0.717, 1.165) is 6.07 Å². The summed E-state index contributed by atoms with van der Waals surface area (Å²) in [5.74, 6) is 2.31. The maximum atomic E-state index is 12.7. The van der Waals surface area contributed by atoms with Crippen LogP contribution in [0.4, 0.5) is 23.7 Å². The van der Waals surface area contributed by atoms with Crippen molar-refractivity contribution in [1.82, 2.24) is 5.32 Å². The molecular formula is C13H13F3N2O. The Balaban J connectivity index is 2.90. The number of anilines is 1. The Hall–Kier alpha value is -2.16. The van der Waals surface area contributed by atoms with Gasteiger partial charge in [-0.25, -0.2) is 4.79 Å². The fraction of sp³-hybridized carbons (Fsp3) is 0.308. The van der Waals surface area contributed by atoms with E-state index >= 15 is 0 Å². The normalized spacial score (nSPS) is 11.6. The summed E-state index contributed by atoms with van der Waals surface area (Å²) < 4.78 is 38.1. The summed E-state index contributed by atoms with van der Waals surface area (Å²) in [5, 5.41) is 4.52. The molecule has 0 atom stereocenters. The minimum atomic E-state index is -4.54. The molecule has 19 heavy (non-hydrogen) atoms. The van der Waals surface area contributed by atoms with Crippen LogP contribution < -0.4 is 10.6 Å². The van der Waals surface area contributed by atoms with Gasteiger partial charge in [-0.3, -0.25) is 0 Å². The van der Waals surface area contributed by atoms with E-state index in [0.29, 0.717) is 0 Å². The van der Waals surface area contributed by atoms with Crippen molar-refractivity contribution in [3.63, 3.8) is 0 Å². The number of para-hydroxylation sites is 1. The number of benzene rings is 1. The third-order valence-electron chi connectivity index (χ3n) is 2.27. The summed E-state index contributed by atoms with van der Waals surface area (Å²) in [4.78, 5) is 11.6. The summed E-state index contributed by atoms with van der Waals surface area (Å²) in [5.41, 5.74) is -2.18. The van der Waals surface area contributed by atoms with Crippen molar-refractivity contribution in [2.45, 2.75) is 25.6 Å². The molecule has 0 fully saturated rings. The molecule has 0 aliphatic heterocycles. The number of alkyl halides is 3. The minimum Gasteiger partial charge on any atom is -0.322 e. The average Bonchev–Trinajstić information content (AvgIpc) is 2.27. The van der Waals surface area contributed by atoms with Gasteiger partial charge in [0.1, 0.15) is 0 Å². The second-order valence-corrected chi connectivity index (χ2v) is 4.39. The van der Waals surface area contributed by atoms with Gasteiger partial charge in [-0.1, -0.05) is 18.1 Å². The molecule has 1 aromatic carbocycles. The van der Waals surface area contributed by atoms with E-state index in [1.165, 1.54) is 18.2 Å². The summed E-state index contributed by atoms with van der Waals surface area (Å²) >= 11 is 0. The Morgan fingerprint density at radius 3 is 2.37 bits per heavy atom. The van der Waals surface area contributed by atoms with Crippen LogP contribution >= 0.6 is 0 Å². The van der Waals surface area contributed by atoms with E-state index in [2.05, 4.69) is 16.6 Å². The summed E-state index contributed by atoms with van der Waals surface area (Å²) in [6.45, 7) is 3.12. The average molecular weight is 270 g/mol. The van der Waals surface area contributed by atoms with Gasteiger partial charge < -0.3 is 10.6 Å². The van der Waals surface area contributed by atoms with Gasteiger partial charge in [0, 0.05) is 0 Å². The Bertz CT molecular complexity index is 515. The van der Waals surface area contributed by atoms with Crippen molar-refractivity contribution in [2.24, 2.45) is 0 Å². The van der Waals surface area contributed by atoms with Crippen LogP contribution in [0.25, 0.3) is 0 Å². The molecule has 0 aliphatic rings. The summed E-state index contributed by atoms with van der Waals surface area (Å²) in [6, 6.07) is 3.92. The zero-order chi connectivity index (χ0) is 14.7. The van der Waals surface area contributed by atoms with Crippen LogP contribution in [0.3, 0.4) is 0 Å². The van der Waals surface area contributed by atoms with E-state index < -0.39 is 23.3 Å². The van der Waals surface area contributed by atoms with Crippen LogP contribution in [-0.2, 0) is 6.18 Å². The molecular weight excluding hydrogens is 257 g/mol. The molecule has 0 saturated heterocycles. The Kier molecular flexibility index (Phi) is 4.10. The number of hydrogen-bond acceptors (Lipinski definition) is 1. The largest absolute Gasteiger partial charge is 0.418 e. The number of urea groups is 1. The highest BCUT2D eigenvalue weighted by molar-refractivity contribution is 5.91. The molecule has 1 rings (SSSR count). The topological polar surface area (TPSA) is 41.1 Å². The van der Waals surface area contributed by atoms with Gasteiger partial charge in [0.25, 0.3) is 0 Å². The van der Waals surface area contributed by atoms with Crippen molar-refractivity contribution in [1.29, 1.82) is 0 Å². The first-order valence-electron chi connectivity index (χ1n) is 5.39. The van der Waals surface area contributed by atoms with Crippen LogP contribution in [0, 0.1) is 12.3 Å². The second kappa shape index (κ2) is 5.22. The van der Waals surface area contributed by atoms with Gasteiger partial charge in [0.15, 0.2) is 0 Å². The summed E-state index contributed by atoms with van der Waals surface area (Å²) in [7, 11) is 0. The van der Waals surface area contributed by atoms with E-state index in [1.54, 1.807) is 13.8 Å². The molecule has 102 valence electrons. The molecule has 0 heterocycles. The van der Waals surface area contributed by atoms with E-state index in [9.17, 15) is 18.0 Å². The highest BCUT2D eigenvalue weighted by atomic mass is 19.4. The monoisotopic (exact) mass is 270 g/mol. The number of amides is 2. The molecule has 0 bridgehead atoms. The van der Waals surface area contributed by atoms with Crippen molar-refractivity contribution in [3.8, 4) is 12.3 Å². The third-order valence-corrected chi connectivity index (χ3v) is 2.27. The molecule has 0 radical (unpaired) electrons. The fourth-order valence-electron chi connectivity index (χ4n) is 1.31. The summed E-state index contributed by atoms with van der Waals surface area (Å²) in [6.07, 6.45) is 0.638.